The van der Waals surface area contributed by atoms with Crippen LogP contribution in [-0.2, 0) is 15.7 Å². The molecule has 5 nitrogen and oxygen atoms in total. The highest BCUT2D eigenvalue weighted by Gasteiger charge is 2.30. The maximum atomic E-state index is 12.9. The molecule has 0 radical (unpaired) electrons. The van der Waals surface area contributed by atoms with E-state index in [2.05, 4.69) is 4.98 Å². The number of nitrogens with zero attached hydrogens (tertiary/aromatic N) is 2. The van der Waals surface area contributed by atoms with Crippen molar-refractivity contribution in [3.05, 3.63) is 40.9 Å². The number of halogens is 3. The predicted molar refractivity (Wildman–Crippen MR) is 105 cm³/mol. The minimum absolute atomic E-state index is 0.155. The molecule has 29 heavy (non-hydrogen) atoms. The van der Waals surface area contributed by atoms with E-state index in [-0.39, 0.29) is 24.0 Å². The molecule has 158 valence electrons. The highest BCUT2D eigenvalue weighted by Crippen LogP contribution is 2.33. The molecule has 0 bridgehead atoms. The van der Waals surface area contributed by atoms with E-state index < -0.39 is 17.3 Å². The fourth-order valence-corrected chi connectivity index (χ4v) is 3.27. The number of hydrogen-bond acceptors (Lipinski definition) is 5. The van der Waals surface area contributed by atoms with Gasteiger partial charge in [0, 0.05) is 31.0 Å². The Hall–Kier alpha value is -2.42. The fraction of sp³-hybridized carbons (Fsp3) is 0.450. The van der Waals surface area contributed by atoms with Crippen LogP contribution in [-0.4, -0.2) is 41.0 Å². The van der Waals surface area contributed by atoms with Gasteiger partial charge in [-0.15, -0.1) is 11.3 Å². The van der Waals surface area contributed by atoms with Crippen molar-refractivity contribution < 1.29 is 27.5 Å². The highest BCUT2D eigenvalue weighted by atomic mass is 32.1. The first-order chi connectivity index (χ1) is 13.4. The van der Waals surface area contributed by atoms with E-state index in [0.29, 0.717) is 23.5 Å². The fourth-order valence-electron chi connectivity index (χ4n) is 2.48. The second-order valence-electron chi connectivity index (χ2n) is 7.53. The Labute approximate surface area is 171 Å². The third-order valence-electron chi connectivity index (χ3n) is 3.80. The first-order valence-electron chi connectivity index (χ1n) is 8.97. The molecule has 0 saturated heterocycles. The third kappa shape index (κ3) is 6.85. The smallest absolute Gasteiger partial charge is 0.416 e. The van der Waals surface area contributed by atoms with Crippen molar-refractivity contribution in [2.75, 3.05) is 13.6 Å². The van der Waals surface area contributed by atoms with Crippen molar-refractivity contribution in [3.8, 4) is 10.6 Å². The molecule has 0 aliphatic heterocycles. The Morgan fingerprint density at radius 3 is 2.52 bits per heavy atom. The molecule has 0 N–H and O–H groups in total. The zero-order valence-corrected chi connectivity index (χ0v) is 17.5. The number of carbonyl (C=O) groups is 2. The van der Waals surface area contributed by atoms with Gasteiger partial charge in [0.1, 0.15) is 16.3 Å². The molecule has 0 saturated carbocycles. The van der Waals surface area contributed by atoms with Crippen LogP contribution in [0.1, 0.15) is 49.7 Å². The van der Waals surface area contributed by atoms with Crippen LogP contribution >= 0.6 is 11.3 Å². The van der Waals surface area contributed by atoms with Crippen molar-refractivity contribution in [2.45, 2.75) is 45.4 Å². The normalized spacial score (nSPS) is 12.0. The molecule has 0 fully saturated rings. The summed E-state index contributed by atoms with van der Waals surface area (Å²) in [6, 6.07) is 4.83. The van der Waals surface area contributed by atoms with Gasteiger partial charge < -0.3 is 9.64 Å². The van der Waals surface area contributed by atoms with Gasteiger partial charge in [0.05, 0.1) is 5.56 Å². The van der Waals surface area contributed by atoms with Crippen molar-refractivity contribution in [3.63, 3.8) is 0 Å². The zero-order chi connectivity index (χ0) is 21.8. The molecule has 0 unspecified atom stereocenters. The van der Waals surface area contributed by atoms with Crippen LogP contribution < -0.4 is 0 Å². The Morgan fingerprint density at radius 2 is 1.90 bits per heavy atom. The van der Waals surface area contributed by atoms with Crippen molar-refractivity contribution in [2.24, 2.45) is 0 Å². The van der Waals surface area contributed by atoms with E-state index >= 15 is 0 Å². The van der Waals surface area contributed by atoms with Gasteiger partial charge >= 0.3 is 12.1 Å². The summed E-state index contributed by atoms with van der Waals surface area (Å²) in [6.07, 6.45) is -3.83. The van der Waals surface area contributed by atoms with Gasteiger partial charge in [-0.05, 0) is 39.3 Å². The average molecular weight is 428 g/mol. The van der Waals surface area contributed by atoms with Crippen molar-refractivity contribution in [1.82, 2.24) is 9.88 Å². The standard InChI is InChI=1S/C20H23F3N2O3S/c1-19(2,3)28-16(26)9-6-10-25(4)18(27)15-12-29-17(24-15)13-7-5-8-14(11-13)20(21,22)23/h5,7-8,11-12H,6,9-10H2,1-4H3. The van der Waals surface area contributed by atoms with E-state index in [1.807, 2.05) is 0 Å². The molecule has 2 rings (SSSR count). The van der Waals surface area contributed by atoms with Crippen molar-refractivity contribution >= 4 is 23.2 Å². The van der Waals surface area contributed by atoms with Gasteiger partial charge in [0.2, 0.25) is 0 Å². The number of ether oxygens (including phenoxy) is 1. The summed E-state index contributed by atoms with van der Waals surface area (Å²) >= 11 is 1.10. The summed E-state index contributed by atoms with van der Waals surface area (Å²) in [4.78, 5) is 29.8. The minimum atomic E-state index is -4.44. The topological polar surface area (TPSA) is 59.5 Å². The van der Waals surface area contributed by atoms with Gasteiger partial charge in [-0.25, -0.2) is 4.98 Å². The van der Waals surface area contributed by atoms with Gasteiger partial charge in [-0.1, -0.05) is 12.1 Å². The van der Waals surface area contributed by atoms with Crippen LogP contribution in [0.4, 0.5) is 13.2 Å². The number of hydrogen-bond donors (Lipinski definition) is 0. The summed E-state index contributed by atoms with van der Waals surface area (Å²) in [7, 11) is 1.58. The quantitative estimate of drug-likeness (QED) is 0.606. The lowest BCUT2D eigenvalue weighted by Crippen LogP contribution is -2.29. The third-order valence-corrected chi connectivity index (χ3v) is 4.69. The van der Waals surface area contributed by atoms with Gasteiger partial charge in [-0.2, -0.15) is 13.2 Å². The Kier molecular flexibility index (Phi) is 7.05. The van der Waals surface area contributed by atoms with Crippen molar-refractivity contribution in [1.29, 1.82) is 0 Å². The van der Waals surface area contributed by atoms with E-state index in [4.69, 9.17) is 4.74 Å². The number of carbonyl (C=O) groups excluding carboxylic acids is 2. The maximum absolute atomic E-state index is 12.9. The van der Waals surface area contributed by atoms with E-state index in [0.717, 1.165) is 23.5 Å². The first-order valence-corrected chi connectivity index (χ1v) is 9.85. The maximum Gasteiger partial charge on any atom is 0.416 e. The molecule has 0 aliphatic carbocycles. The molecule has 2 aromatic rings. The summed E-state index contributed by atoms with van der Waals surface area (Å²) < 4.78 is 43.9. The Morgan fingerprint density at radius 1 is 1.21 bits per heavy atom. The molecule has 1 aromatic heterocycles. The predicted octanol–water partition coefficient (Wildman–Crippen LogP) is 5.02. The molecular weight excluding hydrogens is 405 g/mol. The second kappa shape index (κ2) is 8.94. The van der Waals surface area contributed by atoms with Gasteiger partial charge in [0.15, 0.2) is 0 Å². The molecule has 0 aliphatic rings. The lowest BCUT2D eigenvalue weighted by molar-refractivity contribution is -0.155. The second-order valence-corrected chi connectivity index (χ2v) is 8.39. The summed E-state index contributed by atoms with van der Waals surface area (Å²) in [5.74, 6) is -0.692. The summed E-state index contributed by atoms with van der Waals surface area (Å²) in [5.41, 5.74) is -0.866. The number of alkyl halides is 3. The molecule has 0 spiro atoms. The van der Waals surface area contributed by atoms with Crippen LogP contribution in [0, 0.1) is 0 Å². The van der Waals surface area contributed by atoms with Gasteiger partial charge in [0.25, 0.3) is 5.91 Å². The van der Waals surface area contributed by atoms with E-state index in [1.54, 1.807) is 27.8 Å². The van der Waals surface area contributed by atoms with Crippen LogP contribution in [0.3, 0.4) is 0 Å². The number of aromatic nitrogens is 1. The number of amides is 1. The lowest BCUT2D eigenvalue weighted by atomic mass is 10.1. The molecular formula is C20H23F3N2O3S. The Balaban J connectivity index is 1.98. The highest BCUT2D eigenvalue weighted by molar-refractivity contribution is 7.13. The number of benzene rings is 1. The Bertz CT molecular complexity index is 872. The number of thiazole rings is 1. The summed E-state index contributed by atoms with van der Waals surface area (Å²) in [5, 5.41) is 1.85. The van der Waals surface area contributed by atoms with Gasteiger partial charge in [-0.3, -0.25) is 9.59 Å². The molecule has 0 atom stereocenters. The lowest BCUT2D eigenvalue weighted by Gasteiger charge is -2.20. The average Bonchev–Trinajstić information content (AvgIpc) is 3.09. The molecule has 1 aromatic carbocycles. The minimum Gasteiger partial charge on any atom is -0.460 e. The van der Waals surface area contributed by atoms with E-state index in [9.17, 15) is 22.8 Å². The first kappa shape index (κ1) is 22.9. The zero-order valence-electron chi connectivity index (χ0n) is 16.7. The van der Waals surface area contributed by atoms with Crippen LogP contribution in [0.2, 0.25) is 0 Å². The molecule has 1 amide bonds. The van der Waals surface area contributed by atoms with Crippen LogP contribution in [0.15, 0.2) is 29.6 Å². The summed E-state index contributed by atoms with van der Waals surface area (Å²) in [6.45, 7) is 5.68. The SMILES string of the molecule is CN(CCCC(=O)OC(C)(C)C)C(=O)c1csc(-c2cccc(C(F)(F)F)c2)n1. The number of esters is 1. The number of rotatable bonds is 6. The monoisotopic (exact) mass is 428 g/mol. The van der Waals surface area contributed by atoms with E-state index in [1.165, 1.54) is 22.4 Å². The van der Waals surface area contributed by atoms with Crippen LogP contribution in [0.25, 0.3) is 10.6 Å². The molecule has 1 heterocycles. The van der Waals surface area contributed by atoms with Crippen LogP contribution in [0.5, 0.6) is 0 Å². The largest absolute Gasteiger partial charge is 0.460 e. The molecule has 9 heteroatoms.